The molecule has 0 unspecified atom stereocenters. The molecule has 2 atom stereocenters. The lowest BCUT2D eigenvalue weighted by Crippen LogP contribution is -2.33. The van der Waals surface area contributed by atoms with Gasteiger partial charge in [0.2, 0.25) is 10.0 Å². The van der Waals surface area contributed by atoms with Crippen LogP contribution >= 0.6 is 0 Å². The van der Waals surface area contributed by atoms with E-state index in [4.69, 9.17) is 9.15 Å². The number of rotatable bonds is 7. The van der Waals surface area contributed by atoms with Gasteiger partial charge in [0.1, 0.15) is 18.1 Å². The summed E-state index contributed by atoms with van der Waals surface area (Å²) in [7, 11) is -0.572. The standard InChI is InChI=1S/C20H26N2O6S/c1-14-9-17(12-27-16-7-5-4-6-8-16)28-19(14)20(24)22-10-15(18(23)11-22)13-29(25,26)21(2)3/h4-9,15,18,23H,10-13H2,1-3H3/t15-,18+/m0/s1. The van der Waals surface area contributed by atoms with E-state index in [-0.39, 0.29) is 37.1 Å². The van der Waals surface area contributed by atoms with Crippen molar-refractivity contribution in [3.63, 3.8) is 0 Å². The Morgan fingerprint density at radius 2 is 1.97 bits per heavy atom. The number of amides is 1. The summed E-state index contributed by atoms with van der Waals surface area (Å²) in [5.41, 5.74) is 0.667. The molecule has 1 aromatic carbocycles. The molecule has 0 saturated carbocycles. The smallest absolute Gasteiger partial charge is 0.289 e. The number of nitrogens with zero attached hydrogens (tertiary/aromatic N) is 2. The molecule has 9 heteroatoms. The highest BCUT2D eigenvalue weighted by Gasteiger charge is 2.38. The highest BCUT2D eigenvalue weighted by molar-refractivity contribution is 7.89. The van der Waals surface area contributed by atoms with E-state index in [1.54, 1.807) is 13.0 Å². The van der Waals surface area contributed by atoms with Gasteiger partial charge in [-0.1, -0.05) is 18.2 Å². The lowest BCUT2D eigenvalue weighted by molar-refractivity contribution is 0.0728. The molecule has 1 aromatic heterocycles. The Bertz CT molecular complexity index is 955. The zero-order valence-corrected chi connectivity index (χ0v) is 17.6. The van der Waals surface area contributed by atoms with Gasteiger partial charge in [-0.25, -0.2) is 12.7 Å². The molecule has 158 valence electrons. The highest BCUT2D eigenvalue weighted by Crippen LogP contribution is 2.25. The quantitative estimate of drug-likeness (QED) is 0.726. The number of carbonyl (C=O) groups is 1. The molecule has 8 nitrogen and oxygen atoms in total. The monoisotopic (exact) mass is 422 g/mol. The van der Waals surface area contributed by atoms with Crippen LogP contribution in [0, 0.1) is 12.8 Å². The third-order valence-electron chi connectivity index (χ3n) is 4.96. The number of hydrogen-bond acceptors (Lipinski definition) is 6. The summed E-state index contributed by atoms with van der Waals surface area (Å²) in [5.74, 6) is 0.279. The number of aliphatic hydroxyl groups is 1. The van der Waals surface area contributed by atoms with Crippen molar-refractivity contribution >= 4 is 15.9 Å². The molecule has 29 heavy (non-hydrogen) atoms. The highest BCUT2D eigenvalue weighted by atomic mass is 32.2. The number of aryl methyl sites for hydroxylation is 1. The zero-order valence-electron chi connectivity index (χ0n) is 16.7. The molecule has 1 fully saturated rings. The Morgan fingerprint density at radius 1 is 1.28 bits per heavy atom. The van der Waals surface area contributed by atoms with Crippen molar-refractivity contribution in [1.82, 2.24) is 9.21 Å². The molecule has 1 aliphatic heterocycles. The Balaban J connectivity index is 1.65. The number of hydrogen-bond donors (Lipinski definition) is 1. The molecule has 0 radical (unpaired) electrons. The molecule has 1 amide bonds. The maximum absolute atomic E-state index is 12.9. The van der Waals surface area contributed by atoms with Crippen molar-refractivity contribution in [2.45, 2.75) is 19.6 Å². The molecule has 0 bridgehead atoms. The second-order valence-corrected chi connectivity index (χ2v) is 9.65. The number of carbonyl (C=O) groups excluding carboxylic acids is 1. The molecule has 0 aliphatic carbocycles. The normalized spacial score (nSPS) is 19.7. The van der Waals surface area contributed by atoms with E-state index in [0.29, 0.717) is 17.1 Å². The van der Waals surface area contributed by atoms with Gasteiger partial charge < -0.3 is 19.2 Å². The van der Waals surface area contributed by atoms with Gasteiger partial charge in [-0.15, -0.1) is 0 Å². The fourth-order valence-electron chi connectivity index (χ4n) is 3.25. The van der Waals surface area contributed by atoms with Crippen LogP contribution in [0.15, 0.2) is 40.8 Å². The maximum atomic E-state index is 12.9. The van der Waals surface area contributed by atoms with Crippen LogP contribution in [-0.2, 0) is 16.6 Å². The minimum Gasteiger partial charge on any atom is -0.486 e. The van der Waals surface area contributed by atoms with Gasteiger partial charge in [-0.05, 0) is 25.1 Å². The second kappa shape index (κ2) is 8.56. The van der Waals surface area contributed by atoms with Gasteiger partial charge >= 0.3 is 0 Å². The van der Waals surface area contributed by atoms with E-state index in [1.807, 2.05) is 30.3 Å². The largest absolute Gasteiger partial charge is 0.486 e. The summed E-state index contributed by atoms with van der Waals surface area (Å²) in [5, 5.41) is 10.3. The van der Waals surface area contributed by atoms with E-state index in [0.717, 1.165) is 4.31 Å². The van der Waals surface area contributed by atoms with Gasteiger partial charge in [-0.3, -0.25) is 4.79 Å². The first-order chi connectivity index (χ1) is 13.7. The summed E-state index contributed by atoms with van der Waals surface area (Å²) < 4.78 is 36.7. The molecule has 1 saturated heterocycles. The summed E-state index contributed by atoms with van der Waals surface area (Å²) in [4.78, 5) is 14.3. The molecule has 2 aromatic rings. The van der Waals surface area contributed by atoms with Gasteiger partial charge in [-0.2, -0.15) is 0 Å². The fraction of sp³-hybridized carbons (Fsp3) is 0.450. The first kappa shape index (κ1) is 21.4. The number of β-amino-alcohol motifs (C(OH)–C–C–N with tert-alkyl or cyclic N) is 1. The van der Waals surface area contributed by atoms with Gasteiger partial charge in [0.25, 0.3) is 5.91 Å². The van der Waals surface area contributed by atoms with Crippen LogP contribution in [0.3, 0.4) is 0 Å². The first-order valence-electron chi connectivity index (χ1n) is 9.32. The van der Waals surface area contributed by atoms with Gasteiger partial charge in [0, 0.05) is 38.7 Å². The summed E-state index contributed by atoms with van der Waals surface area (Å²) >= 11 is 0. The van der Waals surface area contributed by atoms with Crippen molar-refractivity contribution in [3.8, 4) is 5.75 Å². The van der Waals surface area contributed by atoms with Crippen molar-refractivity contribution < 1.29 is 27.5 Å². The van der Waals surface area contributed by atoms with Crippen LogP contribution in [0.2, 0.25) is 0 Å². The van der Waals surface area contributed by atoms with Gasteiger partial charge in [0.05, 0.1) is 11.9 Å². The molecular formula is C20H26N2O6S. The fourth-order valence-corrected chi connectivity index (χ4v) is 4.42. The third-order valence-corrected chi connectivity index (χ3v) is 6.92. The average molecular weight is 423 g/mol. The summed E-state index contributed by atoms with van der Waals surface area (Å²) in [6.07, 6.45) is -0.898. The number of furan rings is 1. The minimum absolute atomic E-state index is 0.0719. The number of sulfonamides is 1. The number of ether oxygens (including phenoxy) is 1. The lowest BCUT2D eigenvalue weighted by atomic mass is 10.1. The van der Waals surface area contributed by atoms with Crippen molar-refractivity contribution in [2.75, 3.05) is 32.9 Å². The van der Waals surface area contributed by atoms with Crippen LogP contribution in [0.1, 0.15) is 21.9 Å². The van der Waals surface area contributed by atoms with E-state index < -0.39 is 22.0 Å². The third kappa shape index (κ3) is 4.98. The Morgan fingerprint density at radius 3 is 2.62 bits per heavy atom. The summed E-state index contributed by atoms with van der Waals surface area (Å²) in [6, 6.07) is 11.0. The first-order valence-corrected chi connectivity index (χ1v) is 10.9. The van der Waals surface area contributed by atoms with Crippen LogP contribution in [-0.4, -0.2) is 67.7 Å². The van der Waals surface area contributed by atoms with E-state index in [1.165, 1.54) is 19.0 Å². The number of benzene rings is 1. The Hall–Kier alpha value is -2.36. The Kier molecular flexibility index (Phi) is 6.30. The predicted octanol–water partition coefficient (Wildman–Crippen LogP) is 1.49. The number of likely N-dealkylation sites (tertiary alicyclic amines) is 1. The zero-order chi connectivity index (χ0) is 21.2. The SMILES string of the molecule is Cc1cc(COc2ccccc2)oc1C(=O)N1C[C@@H](CS(=O)(=O)N(C)C)[C@H](O)C1. The van der Waals surface area contributed by atoms with Crippen LogP contribution in [0.4, 0.5) is 0 Å². The van der Waals surface area contributed by atoms with Crippen LogP contribution in [0.25, 0.3) is 0 Å². The second-order valence-electron chi connectivity index (χ2n) is 7.43. The van der Waals surface area contributed by atoms with Crippen LogP contribution in [0.5, 0.6) is 5.75 Å². The van der Waals surface area contributed by atoms with Crippen molar-refractivity contribution in [2.24, 2.45) is 5.92 Å². The molecular weight excluding hydrogens is 396 g/mol. The molecule has 0 spiro atoms. The van der Waals surface area contributed by atoms with Crippen molar-refractivity contribution in [1.29, 1.82) is 0 Å². The average Bonchev–Trinajstić information content (AvgIpc) is 3.22. The van der Waals surface area contributed by atoms with Crippen LogP contribution < -0.4 is 4.74 Å². The lowest BCUT2D eigenvalue weighted by Gasteiger charge is -2.17. The molecule has 2 heterocycles. The molecule has 1 aliphatic rings. The van der Waals surface area contributed by atoms with E-state index in [2.05, 4.69) is 0 Å². The van der Waals surface area contributed by atoms with Crippen molar-refractivity contribution in [3.05, 3.63) is 53.5 Å². The molecule has 3 rings (SSSR count). The minimum atomic E-state index is -3.47. The number of aliphatic hydroxyl groups excluding tert-OH is 1. The molecule has 1 N–H and O–H groups in total. The van der Waals surface area contributed by atoms with Gasteiger partial charge in [0.15, 0.2) is 5.76 Å². The van der Waals surface area contributed by atoms with E-state index >= 15 is 0 Å². The summed E-state index contributed by atoms with van der Waals surface area (Å²) in [6.45, 7) is 2.18. The maximum Gasteiger partial charge on any atom is 0.289 e. The Labute approximate surface area is 170 Å². The topological polar surface area (TPSA) is 100 Å². The number of para-hydroxylation sites is 1. The van der Waals surface area contributed by atoms with E-state index in [9.17, 15) is 18.3 Å². The predicted molar refractivity (Wildman–Crippen MR) is 107 cm³/mol.